The van der Waals surface area contributed by atoms with Crippen LogP contribution in [-0.2, 0) is 0 Å². The standard InChI is InChI=1S/C24H28Si/c1-15-16(2)18(4)23(17(15)3)25(5,6)24-21-13-9-7-11-19(21)20-12-8-10-14-22(20)24/h7-14,23-24H,1-6H3. The topological polar surface area (TPSA) is 0 Å². The number of hydrogen-bond acceptors (Lipinski definition) is 0. The van der Waals surface area contributed by atoms with E-state index in [9.17, 15) is 0 Å². The van der Waals surface area contributed by atoms with E-state index in [1.165, 1.54) is 22.3 Å². The Labute approximate surface area is 153 Å². The summed E-state index contributed by atoms with van der Waals surface area (Å²) in [5, 5.41) is 0. The Hall–Kier alpha value is -1.86. The van der Waals surface area contributed by atoms with Crippen molar-refractivity contribution >= 4 is 8.07 Å². The van der Waals surface area contributed by atoms with Crippen molar-refractivity contribution in [2.45, 2.75) is 51.9 Å². The van der Waals surface area contributed by atoms with Gasteiger partial charge < -0.3 is 0 Å². The molecule has 25 heavy (non-hydrogen) atoms. The molecule has 128 valence electrons. The second-order valence-electron chi connectivity index (χ2n) is 8.48. The Morgan fingerprint density at radius 3 is 1.44 bits per heavy atom. The third kappa shape index (κ3) is 2.18. The molecule has 2 aliphatic carbocycles. The average Bonchev–Trinajstić information content (AvgIpc) is 3.04. The van der Waals surface area contributed by atoms with E-state index in [1.807, 2.05) is 0 Å². The molecule has 0 spiro atoms. The van der Waals surface area contributed by atoms with Crippen LogP contribution in [0.25, 0.3) is 11.1 Å². The Morgan fingerprint density at radius 2 is 1.00 bits per heavy atom. The molecular formula is C24H28Si. The molecule has 2 aromatic carbocycles. The minimum absolute atomic E-state index is 0.577. The van der Waals surface area contributed by atoms with E-state index in [0.717, 1.165) is 0 Å². The Morgan fingerprint density at radius 1 is 0.600 bits per heavy atom. The molecule has 0 aromatic heterocycles. The first-order valence-corrected chi connectivity index (χ1v) is 12.5. The molecule has 0 unspecified atom stereocenters. The van der Waals surface area contributed by atoms with Gasteiger partial charge in [-0.05, 0) is 66.6 Å². The molecular weight excluding hydrogens is 316 g/mol. The lowest BCUT2D eigenvalue weighted by molar-refractivity contribution is 0.989. The predicted octanol–water partition coefficient (Wildman–Crippen LogP) is 7.10. The van der Waals surface area contributed by atoms with Gasteiger partial charge in [-0.1, -0.05) is 72.8 Å². The highest BCUT2D eigenvalue weighted by Gasteiger charge is 2.48. The summed E-state index contributed by atoms with van der Waals surface area (Å²) in [6, 6.07) is 18.2. The zero-order chi connectivity index (χ0) is 17.9. The molecule has 0 N–H and O–H groups in total. The van der Waals surface area contributed by atoms with Crippen molar-refractivity contribution in [2.24, 2.45) is 0 Å². The highest BCUT2D eigenvalue weighted by atomic mass is 28.3. The van der Waals surface area contributed by atoms with Crippen LogP contribution in [0.3, 0.4) is 0 Å². The molecule has 1 heteroatoms. The first-order valence-electron chi connectivity index (χ1n) is 9.39. The van der Waals surface area contributed by atoms with Gasteiger partial charge in [-0.15, -0.1) is 0 Å². The van der Waals surface area contributed by atoms with Gasteiger partial charge in [-0.2, -0.15) is 0 Å². The van der Waals surface area contributed by atoms with Crippen molar-refractivity contribution in [1.82, 2.24) is 0 Å². The van der Waals surface area contributed by atoms with Crippen molar-refractivity contribution in [2.75, 3.05) is 0 Å². The van der Waals surface area contributed by atoms with Gasteiger partial charge in [0.1, 0.15) is 0 Å². The predicted molar refractivity (Wildman–Crippen MR) is 112 cm³/mol. The van der Waals surface area contributed by atoms with Crippen molar-refractivity contribution in [1.29, 1.82) is 0 Å². The van der Waals surface area contributed by atoms with E-state index >= 15 is 0 Å². The summed E-state index contributed by atoms with van der Waals surface area (Å²) in [6.45, 7) is 14.6. The maximum Gasteiger partial charge on any atom is 0.0722 e. The number of benzene rings is 2. The molecule has 0 saturated carbocycles. The van der Waals surface area contributed by atoms with Crippen molar-refractivity contribution in [3.05, 3.63) is 82.0 Å². The molecule has 2 aromatic rings. The largest absolute Gasteiger partial charge is 0.0722 e. The van der Waals surface area contributed by atoms with Gasteiger partial charge >= 0.3 is 0 Å². The van der Waals surface area contributed by atoms with Crippen LogP contribution < -0.4 is 0 Å². The Kier molecular flexibility index (Phi) is 3.70. The van der Waals surface area contributed by atoms with Crippen LogP contribution in [0, 0.1) is 0 Å². The third-order valence-electron chi connectivity index (χ3n) is 6.93. The number of rotatable bonds is 2. The highest BCUT2D eigenvalue weighted by Crippen LogP contribution is 2.56. The summed E-state index contributed by atoms with van der Waals surface area (Å²) < 4.78 is 0. The SMILES string of the molecule is CC1=C(C)C([Si](C)(C)C2c3ccccc3-c3ccccc32)C(C)=C1C. The first-order chi connectivity index (χ1) is 11.9. The summed E-state index contributed by atoms with van der Waals surface area (Å²) in [6.07, 6.45) is 0. The smallest absolute Gasteiger partial charge is 0.0679 e. The summed E-state index contributed by atoms with van der Waals surface area (Å²) in [5.41, 5.74) is 13.6. The minimum atomic E-state index is -1.67. The molecule has 0 radical (unpaired) electrons. The monoisotopic (exact) mass is 344 g/mol. The molecule has 2 aliphatic rings. The Bertz CT molecular complexity index is 857. The van der Waals surface area contributed by atoms with E-state index in [1.54, 1.807) is 22.3 Å². The van der Waals surface area contributed by atoms with Gasteiger partial charge in [0.25, 0.3) is 0 Å². The second-order valence-corrected chi connectivity index (χ2v) is 13.3. The fraction of sp³-hybridized carbons (Fsp3) is 0.333. The lowest BCUT2D eigenvalue weighted by Gasteiger charge is -2.39. The van der Waals surface area contributed by atoms with E-state index < -0.39 is 8.07 Å². The van der Waals surface area contributed by atoms with Crippen LogP contribution >= 0.6 is 0 Å². The van der Waals surface area contributed by atoms with Crippen LogP contribution in [0.15, 0.2) is 70.8 Å². The van der Waals surface area contributed by atoms with E-state index in [-0.39, 0.29) is 0 Å². The van der Waals surface area contributed by atoms with Crippen LogP contribution in [0.1, 0.15) is 44.4 Å². The van der Waals surface area contributed by atoms with E-state index in [2.05, 4.69) is 89.3 Å². The average molecular weight is 345 g/mol. The second kappa shape index (κ2) is 5.57. The van der Waals surface area contributed by atoms with Gasteiger partial charge in [0.05, 0.1) is 8.07 Å². The van der Waals surface area contributed by atoms with Crippen LogP contribution in [0.5, 0.6) is 0 Å². The van der Waals surface area contributed by atoms with Crippen molar-refractivity contribution in [3.63, 3.8) is 0 Å². The number of hydrogen-bond donors (Lipinski definition) is 0. The lowest BCUT2D eigenvalue weighted by Crippen LogP contribution is -2.40. The van der Waals surface area contributed by atoms with Crippen molar-refractivity contribution in [3.8, 4) is 11.1 Å². The van der Waals surface area contributed by atoms with Gasteiger partial charge in [0.15, 0.2) is 0 Å². The minimum Gasteiger partial charge on any atom is -0.0679 e. The zero-order valence-corrected chi connectivity index (χ0v) is 17.3. The number of allylic oxidation sites excluding steroid dienone is 4. The molecule has 0 atom stereocenters. The van der Waals surface area contributed by atoms with Gasteiger partial charge in [-0.3, -0.25) is 0 Å². The maximum atomic E-state index is 2.61. The summed E-state index contributed by atoms with van der Waals surface area (Å²) in [5.74, 6) is 0. The summed E-state index contributed by atoms with van der Waals surface area (Å²) in [4.78, 5) is 0. The molecule has 0 heterocycles. The van der Waals surface area contributed by atoms with Crippen LogP contribution in [0.4, 0.5) is 0 Å². The lowest BCUT2D eigenvalue weighted by atomic mass is 10.1. The van der Waals surface area contributed by atoms with Gasteiger partial charge in [-0.25, -0.2) is 0 Å². The van der Waals surface area contributed by atoms with Gasteiger partial charge in [0, 0.05) is 5.54 Å². The van der Waals surface area contributed by atoms with Crippen LogP contribution in [0.2, 0.25) is 18.6 Å². The van der Waals surface area contributed by atoms with E-state index in [4.69, 9.17) is 0 Å². The zero-order valence-electron chi connectivity index (χ0n) is 16.3. The van der Waals surface area contributed by atoms with Crippen molar-refractivity contribution < 1.29 is 0 Å². The number of fused-ring (bicyclic) bond motifs is 3. The fourth-order valence-corrected chi connectivity index (χ4v) is 10.7. The normalized spacial score (nSPS) is 18.2. The molecule has 0 bridgehead atoms. The molecule has 4 rings (SSSR count). The molecule has 0 saturated heterocycles. The first kappa shape index (κ1) is 16.6. The van der Waals surface area contributed by atoms with Crippen LogP contribution in [-0.4, -0.2) is 8.07 Å². The summed E-state index contributed by atoms with van der Waals surface area (Å²) >= 11 is 0. The Balaban J connectivity index is 1.93. The third-order valence-corrected chi connectivity index (χ3v) is 11.4. The maximum absolute atomic E-state index is 2.61. The molecule has 0 nitrogen and oxygen atoms in total. The molecule has 0 fully saturated rings. The molecule has 0 aliphatic heterocycles. The van der Waals surface area contributed by atoms with Gasteiger partial charge in [0.2, 0.25) is 0 Å². The molecule has 0 amide bonds. The van der Waals surface area contributed by atoms with E-state index in [0.29, 0.717) is 11.1 Å². The summed E-state index contributed by atoms with van der Waals surface area (Å²) in [7, 11) is -1.67. The quantitative estimate of drug-likeness (QED) is 0.509. The highest BCUT2D eigenvalue weighted by molar-refractivity contribution is 6.82. The fourth-order valence-electron chi connectivity index (χ4n) is 5.59.